The van der Waals surface area contributed by atoms with Crippen LogP contribution in [0.1, 0.15) is 25.5 Å². The van der Waals surface area contributed by atoms with Gasteiger partial charge in [0.1, 0.15) is 5.15 Å². The van der Waals surface area contributed by atoms with E-state index in [9.17, 15) is 4.79 Å². The number of nitrogens with one attached hydrogen (secondary N) is 2. The van der Waals surface area contributed by atoms with Crippen LogP contribution in [-0.2, 0) is 13.6 Å². The highest BCUT2D eigenvalue weighted by Gasteiger charge is 2.12. The number of halogens is 2. The van der Waals surface area contributed by atoms with Crippen molar-refractivity contribution in [3.05, 3.63) is 21.9 Å². The molecule has 1 rings (SSSR count). The number of hydrogen-bond donors (Lipinski definition) is 3. The van der Waals surface area contributed by atoms with Gasteiger partial charge in [-0.3, -0.25) is 0 Å². The third kappa shape index (κ3) is 4.60. The molecule has 0 saturated heterocycles. The smallest absolute Gasteiger partial charge is 0.315 e. The van der Waals surface area contributed by atoms with E-state index in [-0.39, 0.29) is 18.7 Å². The first-order chi connectivity index (χ1) is 8.99. The molecule has 0 aromatic carbocycles. The highest BCUT2D eigenvalue weighted by molar-refractivity contribution is 6.41. The van der Waals surface area contributed by atoms with Crippen molar-refractivity contribution in [1.82, 2.24) is 15.2 Å². The van der Waals surface area contributed by atoms with Gasteiger partial charge in [-0.15, -0.1) is 0 Å². The summed E-state index contributed by atoms with van der Waals surface area (Å²) >= 11 is 11.8. The van der Waals surface area contributed by atoms with Crippen LogP contribution in [-0.4, -0.2) is 28.4 Å². The molecule has 0 fully saturated rings. The first kappa shape index (κ1) is 16.1. The standard InChI is InChI=1S/C12H19Cl2N3O2/c1-3-8(4-5-18)16-12(19)15-7-9-6-10(13)11(14)17(9)2/h6,8,18H,3-5,7H2,1-2H3,(H2,15,16,19). The minimum atomic E-state index is -0.270. The maximum Gasteiger partial charge on any atom is 0.315 e. The van der Waals surface area contributed by atoms with Gasteiger partial charge in [-0.05, 0) is 18.9 Å². The normalized spacial score (nSPS) is 12.3. The van der Waals surface area contributed by atoms with E-state index in [0.29, 0.717) is 23.1 Å². The van der Waals surface area contributed by atoms with Crippen LogP contribution >= 0.6 is 23.2 Å². The highest BCUT2D eigenvalue weighted by atomic mass is 35.5. The summed E-state index contributed by atoms with van der Waals surface area (Å²) in [5.74, 6) is 0. The van der Waals surface area contributed by atoms with Crippen molar-refractivity contribution in [1.29, 1.82) is 0 Å². The lowest BCUT2D eigenvalue weighted by molar-refractivity contribution is 0.227. The minimum Gasteiger partial charge on any atom is -0.396 e. The van der Waals surface area contributed by atoms with E-state index < -0.39 is 0 Å². The molecule has 0 aliphatic heterocycles. The fourth-order valence-corrected chi connectivity index (χ4v) is 2.12. The SMILES string of the molecule is CCC(CCO)NC(=O)NCc1cc(Cl)c(Cl)n1C. The Balaban J connectivity index is 2.47. The van der Waals surface area contributed by atoms with Gasteiger partial charge in [-0.2, -0.15) is 0 Å². The molecule has 0 aliphatic rings. The third-order valence-electron chi connectivity index (χ3n) is 2.95. The number of nitrogens with zero attached hydrogens (tertiary/aromatic N) is 1. The molecular weight excluding hydrogens is 289 g/mol. The summed E-state index contributed by atoms with van der Waals surface area (Å²) in [5, 5.41) is 15.3. The predicted molar refractivity (Wildman–Crippen MR) is 76.6 cm³/mol. The monoisotopic (exact) mass is 307 g/mol. The van der Waals surface area contributed by atoms with Crippen LogP contribution in [0, 0.1) is 0 Å². The zero-order valence-electron chi connectivity index (χ0n) is 11.0. The molecule has 2 amide bonds. The van der Waals surface area contributed by atoms with Crippen molar-refractivity contribution in [3.63, 3.8) is 0 Å². The Hall–Kier alpha value is -0.910. The number of hydrogen-bond acceptors (Lipinski definition) is 2. The quantitative estimate of drug-likeness (QED) is 0.755. The fourth-order valence-electron chi connectivity index (χ4n) is 1.70. The lowest BCUT2D eigenvalue weighted by atomic mass is 10.2. The number of rotatable bonds is 6. The van der Waals surface area contributed by atoms with E-state index in [2.05, 4.69) is 10.6 Å². The molecule has 1 atom stereocenters. The lowest BCUT2D eigenvalue weighted by Gasteiger charge is -2.16. The van der Waals surface area contributed by atoms with Crippen molar-refractivity contribution in [3.8, 4) is 0 Å². The van der Waals surface area contributed by atoms with Crippen molar-refractivity contribution in [2.75, 3.05) is 6.61 Å². The summed E-state index contributed by atoms with van der Waals surface area (Å²) in [7, 11) is 1.78. The zero-order chi connectivity index (χ0) is 14.4. The molecule has 1 aromatic rings. The van der Waals surface area contributed by atoms with Crippen LogP contribution in [0.4, 0.5) is 4.79 Å². The summed E-state index contributed by atoms with van der Waals surface area (Å²) < 4.78 is 1.72. The van der Waals surface area contributed by atoms with Crippen LogP contribution in [0.5, 0.6) is 0 Å². The highest BCUT2D eigenvalue weighted by Crippen LogP contribution is 2.24. The number of carbonyl (C=O) groups excluding carboxylic acids is 1. The molecule has 7 heteroatoms. The van der Waals surface area contributed by atoms with Crippen LogP contribution in [0.2, 0.25) is 10.2 Å². The number of aliphatic hydroxyl groups excluding tert-OH is 1. The minimum absolute atomic E-state index is 0.0226. The van der Waals surface area contributed by atoms with Crippen LogP contribution in [0.25, 0.3) is 0 Å². The summed E-state index contributed by atoms with van der Waals surface area (Å²) in [6.07, 6.45) is 1.32. The second-order valence-corrected chi connectivity index (χ2v) is 5.04. The van der Waals surface area contributed by atoms with Gasteiger partial charge in [0.25, 0.3) is 0 Å². The van der Waals surface area contributed by atoms with E-state index in [4.69, 9.17) is 28.3 Å². The lowest BCUT2D eigenvalue weighted by Crippen LogP contribution is -2.42. The van der Waals surface area contributed by atoms with Crippen molar-refractivity contribution in [2.45, 2.75) is 32.4 Å². The molecule has 0 bridgehead atoms. The number of carbonyl (C=O) groups is 1. The molecule has 0 spiro atoms. The zero-order valence-corrected chi connectivity index (χ0v) is 12.6. The van der Waals surface area contributed by atoms with Gasteiger partial charge >= 0.3 is 6.03 Å². The van der Waals surface area contributed by atoms with Gasteiger partial charge in [0, 0.05) is 25.4 Å². The Morgan fingerprint density at radius 2 is 2.21 bits per heavy atom. The van der Waals surface area contributed by atoms with E-state index in [0.717, 1.165) is 12.1 Å². The van der Waals surface area contributed by atoms with Gasteiger partial charge in [-0.1, -0.05) is 30.1 Å². The molecule has 0 radical (unpaired) electrons. The Kier molecular flexibility index (Phi) is 6.48. The molecule has 1 heterocycles. The van der Waals surface area contributed by atoms with Crippen LogP contribution in [0.15, 0.2) is 6.07 Å². The molecule has 1 unspecified atom stereocenters. The van der Waals surface area contributed by atoms with Crippen LogP contribution < -0.4 is 10.6 Å². The second-order valence-electron chi connectivity index (χ2n) is 4.28. The summed E-state index contributed by atoms with van der Waals surface area (Å²) in [6, 6.07) is 1.43. The Morgan fingerprint density at radius 1 is 1.53 bits per heavy atom. The predicted octanol–water partition coefficient (Wildman–Crippen LogP) is 2.29. The maximum atomic E-state index is 11.7. The molecule has 108 valence electrons. The van der Waals surface area contributed by atoms with Crippen molar-refractivity contribution in [2.24, 2.45) is 7.05 Å². The van der Waals surface area contributed by atoms with Crippen LogP contribution in [0.3, 0.4) is 0 Å². The molecule has 3 N–H and O–H groups in total. The van der Waals surface area contributed by atoms with Gasteiger partial charge in [0.05, 0.1) is 11.6 Å². The van der Waals surface area contributed by atoms with Gasteiger partial charge < -0.3 is 20.3 Å². The molecule has 19 heavy (non-hydrogen) atoms. The first-order valence-electron chi connectivity index (χ1n) is 6.14. The summed E-state index contributed by atoms with van der Waals surface area (Å²) in [5.41, 5.74) is 0.820. The third-order valence-corrected chi connectivity index (χ3v) is 3.79. The van der Waals surface area contributed by atoms with E-state index >= 15 is 0 Å². The topological polar surface area (TPSA) is 66.3 Å². The second kappa shape index (κ2) is 7.62. The molecule has 0 saturated carbocycles. The van der Waals surface area contributed by atoms with Gasteiger partial charge in [0.2, 0.25) is 0 Å². The number of amides is 2. The first-order valence-corrected chi connectivity index (χ1v) is 6.90. The fraction of sp³-hybridized carbons (Fsp3) is 0.583. The largest absolute Gasteiger partial charge is 0.396 e. The van der Waals surface area contributed by atoms with Crippen molar-refractivity contribution < 1.29 is 9.90 Å². The Labute approximate surface area is 122 Å². The summed E-state index contributed by atoms with van der Waals surface area (Å²) in [4.78, 5) is 11.7. The Morgan fingerprint density at radius 3 is 2.68 bits per heavy atom. The van der Waals surface area contributed by atoms with E-state index in [1.54, 1.807) is 17.7 Å². The van der Waals surface area contributed by atoms with E-state index in [1.807, 2.05) is 6.92 Å². The van der Waals surface area contributed by atoms with Gasteiger partial charge in [0.15, 0.2) is 0 Å². The average molecular weight is 308 g/mol. The maximum absolute atomic E-state index is 11.7. The molecular formula is C12H19Cl2N3O2. The van der Waals surface area contributed by atoms with E-state index in [1.165, 1.54) is 0 Å². The van der Waals surface area contributed by atoms with Gasteiger partial charge in [-0.25, -0.2) is 4.79 Å². The van der Waals surface area contributed by atoms with Crippen molar-refractivity contribution >= 4 is 29.2 Å². The summed E-state index contributed by atoms with van der Waals surface area (Å²) in [6.45, 7) is 2.35. The number of aromatic nitrogens is 1. The average Bonchev–Trinajstić information content (AvgIpc) is 2.63. The number of aliphatic hydroxyl groups is 1. The molecule has 0 aliphatic carbocycles. The molecule has 1 aromatic heterocycles. The number of urea groups is 1. The Bertz CT molecular complexity index is 435. The molecule has 5 nitrogen and oxygen atoms in total.